The minimum Gasteiger partial charge on any atom is -0.356 e. The van der Waals surface area contributed by atoms with Gasteiger partial charge in [0.15, 0.2) is 5.96 Å². The molecule has 136 valence electrons. The summed E-state index contributed by atoms with van der Waals surface area (Å²) in [5, 5.41) is 6.34. The van der Waals surface area contributed by atoms with Gasteiger partial charge in [-0.1, -0.05) is 18.2 Å². The topological polar surface area (TPSA) is 70.6 Å². The number of benzene rings is 1. The van der Waals surface area contributed by atoms with Gasteiger partial charge in [-0.2, -0.15) is 11.8 Å². The summed E-state index contributed by atoms with van der Waals surface area (Å²) in [4.78, 5) is 4.12. The maximum absolute atomic E-state index is 13.5. The van der Waals surface area contributed by atoms with E-state index in [2.05, 4.69) is 15.6 Å². The lowest BCUT2D eigenvalue weighted by Crippen LogP contribution is -2.43. The van der Waals surface area contributed by atoms with Crippen molar-refractivity contribution >= 4 is 27.6 Å². The smallest absolute Gasteiger partial charge is 0.191 e. The number of aliphatic imine (C=N–C) groups is 1. The van der Waals surface area contributed by atoms with Crippen LogP contribution in [0, 0.1) is 5.82 Å². The molecule has 0 aromatic heterocycles. The van der Waals surface area contributed by atoms with Gasteiger partial charge in [-0.15, -0.1) is 0 Å². The third kappa shape index (κ3) is 9.12. The summed E-state index contributed by atoms with van der Waals surface area (Å²) in [6.07, 6.45) is 1.77. The molecule has 0 amide bonds. The minimum absolute atomic E-state index is 0.0111. The summed E-state index contributed by atoms with van der Waals surface area (Å²) in [6.45, 7) is 2.61. The largest absolute Gasteiger partial charge is 0.356 e. The molecular formula is C16H26FN3O2S2. The van der Waals surface area contributed by atoms with Gasteiger partial charge in [0, 0.05) is 37.4 Å². The fraction of sp³-hybridized carbons (Fsp3) is 0.562. The number of thioether (sulfide) groups is 1. The van der Waals surface area contributed by atoms with Gasteiger partial charge in [0.25, 0.3) is 0 Å². The van der Waals surface area contributed by atoms with Crippen LogP contribution in [0.2, 0.25) is 0 Å². The van der Waals surface area contributed by atoms with Crippen molar-refractivity contribution in [1.29, 1.82) is 0 Å². The molecule has 0 saturated heterocycles. The summed E-state index contributed by atoms with van der Waals surface area (Å²) in [5.74, 6) is 2.06. The lowest BCUT2D eigenvalue weighted by Gasteiger charge is -2.17. The SMILES string of the molecule is CN=C(NCCSCc1ccccc1F)NC(C)CCS(C)(=O)=O. The van der Waals surface area contributed by atoms with E-state index in [9.17, 15) is 12.8 Å². The van der Waals surface area contributed by atoms with Gasteiger partial charge in [-0.05, 0) is 25.0 Å². The van der Waals surface area contributed by atoms with Gasteiger partial charge in [0.1, 0.15) is 15.7 Å². The zero-order chi connectivity index (χ0) is 18.0. The molecule has 0 fully saturated rings. The van der Waals surface area contributed by atoms with Crippen molar-refractivity contribution < 1.29 is 12.8 Å². The number of sulfone groups is 1. The van der Waals surface area contributed by atoms with Crippen LogP contribution < -0.4 is 10.6 Å². The summed E-state index contributed by atoms with van der Waals surface area (Å²) in [5.41, 5.74) is 0.708. The molecule has 24 heavy (non-hydrogen) atoms. The Morgan fingerprint density at radius 3 is 2.71 bits per heavy atom. The molecule has 8 heteroatoms. The highest BCUT2D eigenvalue weighted by molar-refractivity contribution is 7.98. The third-order valence-electron chi connectivity index (χ3n) is 3.28. The van der Waals surface area contributed by atoms with E-state index in [0.717, 1.165) is 5.75 Å². The first-order valence-electron chi connectivity index (χ1n) is 7.78. The maximum Gasteiger partial charge on any atom is 0.191 e. The van der Waals surface area contributed by atoms with Crippen LogP contribution in [-0.2, 0) is 15.6 Å². The van der Waals surface area contributed by atoms with Gasteiger partial charge in [0.05, 0.1) is 5.75 Å². The summed E-state index contributed by atoms with van der Waals surface area (Å²) in [7, 11) is -1.28. The molecular weight excluding hydrogens is 349 g/mol. The Morgan fingerprint density at radius 2 is 2.08 bits per heavy atom. The molecule has 0 aliphatic rings. The van der Waals surface area contributed by atoms with Crippen LogP contribution in [0.15, 0.2) is 29.3 Å². The van der Waals surface area contributed by atoms with Gasteiger partial charge < -0.3 is 10.6 Å². The van der Waals surface area contributed by atoms with E-state index in [0.29, 0.717) is 30.2 Å². The Hall–Kier alpha value is -1.28. The number of nitrogens with zero attached hydrogens (tertiary/aromatic N) is 1. The first-order chi connectivity index (χ1) is 11.3. The van der Waals surface area contributed by atoms with Crippen molar-refractivity contribution in [1.82, 2.24) is 10.6 Å². The molecule has 1 aromatic carbocycles. The van der Waals surface area contributed by atoms with Crippen LogP contribution in [0.25, 0.3) is 0 Å². The highest BCUT2D eigenvalue weighted by Crippen LogP contribution is 2.14. The number of hydrogen-bond acceptors (Lipinski definition) is 4. The molecule has 0 heterocycles. The summed E-state index contributed by atoms with van der Waals surface area (Å²) in [6, 6.07) is 6.79. The van der Waals surface area contributed by atoms with Crippen molar-refractivity contribution in [3.8, 4) is 0 Å². The van der Waals surface area contributed by atoms with Crippen molar-refractivity contribution in [3.05, 3.63) is 35.6 Å². The predicted molar refractivity (Wildman–Crippen MR) is 101 cm³/mol. The standard InChI is InChI=1S/C16H26FN3O2S2/c1-13(8-11-24(3,21)22)20-16(18-2)19-9-10-23-12-14-6-4-5-7-15(14)17/h4-7,13H,8-12H2,1-3H3,(H2,18,19,20). The monoisotopic (exact) mass is 375 g/mol. The number of rotatable bonds is 9. The molecule has 0 radical (unpaired) electrons. The Morgan fingerprint density at radius 1 is 1.38 bits per heavy atom. The van der Waals surface area contributed by atoms with Gasteiger partial charge in [-0.3, -0.25) is 4.99 Å². The van der Waals surface area contributed by atoms with Crippen molar-refractivity contribution in [2.75, 3.05) is 31.4 Å². The summed E-state index contributed by atoms with van der Waals surface area (Å²) >= 11 is 1.64. The van der Waals surface area contributed by atoms with E-state index in [-0.39, 0.29) is 17.6 Å². The molecule has 0 aliphatic carbocycles. The number of hydrogen-bond donors (Lipinski definition) is 2. The second-order valence-corrected chi connectivity index (χ2v) is 8.97. The molecule has 1 aromatic rings. The minimum atomic E-state index is -2.95. The van der Waals surface area contributed by atoms with E-state index in [1.807, 2.05) is 13.0 Å². The number of halogens is 1. The Labute approximate surface area is 148 Å². The van der Waals surface area contributed by atoms with E-state index in [1.54, 1.807) is 30.9 Å². The van der Waals surface area contributed by atoms with Crippen LogP contribution in [0.1, 0.15) is 18.9 Å². The van der Waals surface area contributed by atoms with Crippen LogP contribution >= 0.6 is 11.8 Å². The third-order valence-corrected chi connectivity index (χ3v) is 5.27. The molecule has 0 saturated carbocycles. The fourth-order valence-electron chi connectivity index (χ4n) is 1.93. The molecule has 0 bridgehead atoms. The maximum atomic E-state index is 13.5. The van der Waals surface area contributed by atoms with Gasteiger partial charge in [0.2, 0.25) is 0 Å². The molecule has 1 rings (SSSR count). The van der Waals surface area contributed by atoms with Crippen LogP contribution in [0.5, 0.6) is 0 Å². The van der Waals surface area contributed by atoms with Gasteiger partial charge in [-0.25, -0.2) is 12.8 Å². The summed E-state index contributed by atoms with van der Waals surface area (Å²) < 4.78 is 35.8. The quantitative estimate of drug-likeness (QED) is 0.393. The molecule has 1 atom stereocenters. The Balaban J connectivity index is 2.23. The number of nitrogens with one attached hydrogen (secondary N) is 2. The molecule has 2 N–H and O–H groups in total. The zero-order valence-electron chi connectivity index (χ0n) is 14.4. The first kappa shape index (κ1) is 20.8. The van der Waals surface area contributed by atoms with E-state index < -0.39 is 9.84 Å². The highest BCUT2D eigenvalue weighted by atomic mass is 32.2. The fourth-order valence-corrected chi connectivity index (χ4v) is 3.56. The lowest BCUT2D eigenvalue weighted by atomic mass is 10.2. The van der Waals surface area contributed by atoms with E-state index in [4.69, 9.17) is 0 Å². The Bertz CT molecular complexity index is 636. The van der Waals surface area contributed by atoms with Crippen LogP contribution in [0.3, 0.4) is 0 Å². The first-order valence-corrected chi connectivity index (χ1v) is 11.0. The average Bonchev–Trinajstić information content (AvgIpc) is 2.52. The molecule has 1 unspecified atom stereocenters. The second-order valence-electron chi connectivity index (χ2n) is 5.61. The van der Waals surface area contributed by atoms with Crippen molar-refractivity contribution in [3.63, 3.8) is 0 Å². The van der Waals surface area contributed by atoms with Crippen LogP contribution in [0.4, 0.5) is 4.39 Å². The molecule has 0 aliphatic heterocycles. The molecule has 0 spiro atoms. The van der Waals surface area contributed by atoms with Gasteiger partial charge >= 0.3 is 0 Å². The number of guanidine groups is 1. The zero-order valence-corrected chi connectivity index (χ0v) is 16.0. The van der Waals surface area contributed by atoms with Crippen LogP contribution in [-0.4, -0.2) is 51.8 Å². The predicted octanol–water partition coefficient (Wildman–Crippen LogP) is 2.05. The normalized spacial score (nSPS) is 13.6. The highest BCUT2D eigenvalue weighted by Gasteiger charge is 2.09. The molecule has 5 nitrogen and oxygen atoms in total. The van der Waals surface area contributed by atoms with Crippen molar-refractivity contribution in [2.45, 2.75) is 25.1 Å². The lowest BCUT2D eigenvalue weighted by molar-refractivity contribution is 0.582. The van der Waals surface area contributed by atoms with E-state index in [1.165, 1.54) is 12.3 Å². The second kappa shape index (κ2) is 10.6. The Kier molecular flexibility index (Phi) is 9.13. The average molecular weight is 376 g/mol. The van der Waals surface area contributed by atoms with E-state index >= 15 is 0 Å². The van der Waals surface area contributed by atoms with Crippen molar-refractivity contribution in [2.24, 2.45) is 4.99 Å².